The molecule has 6 rings (SSSR count). The van der Waals surface area contributed by atoms with Crippen LogP contribution in [0.15, 0.2) is 72.8 Å². The molecule has 0 amide bonds. The van der Waals surface area contributed by atoms with E-state index < -0.39 is 0 Å². The van der Waals surface area contributed by atoms with Crippen LogP contribution in [0.4, 0.5) is 0 Å². The van der Waals surface area contributed by atoms with Crippen molar-refractivity contribution in [3.63, 3.8) is 0 Å². The van der Waals surface area contributed by atoms with E-state index in [4.69, 9.17) is 18.9 Å². The Bertz CT molecular complexity index is 1310. The van der Waals surface area contributed by atoms with Crippen molar-refractivity contribution < 1.29 is 24.1 Å². The number of benzene rings is 4. The van der Waals surface area contributed by atoms with Gasteiger partial charge in [-0.25, -0.2) is 0 Å². The van der Waals surface area contributed by atoms with Gasteiger partial charge in [0.25, 0.3) is 0 Å². The molecule has 32 heavy (non-hydrogen) atoms. The van der Waals surface area contributed by atoms with Crippen molar-refractivity contribution in [1.29, 1.82) is 0 Å². The van der Waals surface area contributed by atoms with Crippen molar-refractivity contribution in [3.05, 3.63) is 89.5 Å². The smallest absolute Gasteiger partial charge is 0.138 e. The summed E-state index contributed by atoms with van der Waals surface area (Å²) in [5, 5.41) is 12.5. The summed E-state index contributed by atoms with van der Waals surface area (Å²) in [4.78, 5) is 0. The Morgan fingerprint density at radius 3 is 2.69 bits per heavy atom. The molecule has 160 valence electrons. The Kier molecular flexibility index (Phi) is 4.35. The average Bonchev–Trinajstić information content (AvgIpc) is 3.22. The highest BCUT2D eigenvalue weighted by molar-refractivity contribution is 5.99. The first-order valence-corrected chi connectivity index (χ1v) is 10.7. The molecule has 0 saturated heterocycles. The molecule has 2 aliphatic heterocycles. The van der Waals surface area contributed by atoms with E-state index in [1.165, 1.54) is 0 Å². The lowest BCUT2D eigenvalue weighted by molar-refractivity contribution is 0.140. The molecule has 0 aliphatic carbocycles. The highest BCUT2D eigenvalue weighted by Gasteiger charge is 2.42. The lowest BCUT2D eigenvalue weighted by atomic mass is 9.88. The van der Waals surface area contributed by atoms with Gasteiger partial charge >= 0.3 is 0 Å². The zero-order chi connectivity index (χ0) is 21.7. The summed E-state index contributed by atoms with van der Waals surface area (Å²) in [6.07, 6.45) is -0.168. The summed E-state index contributed by atoms with van der Waals surface area (Å²) in [6, 6.07) is 23.4. The number of methoxy groups -OCH3 is 1. The number of fused-ring (bicyclic) bond motifs is 7. The predicted molar refractivity (Wildman–Crippen MR) is 121 cm³/mol. The molecule has 1 N–H and O–H groups in total. The molecular weight excluding hydrogens is 404 g/mol. The van der Waals surface area contributed by atoms with Crippen molar-refractivity contribution in [1.82, 2.24) is 0 Å². The number of hydrogen-bond donors (Lipinski definition) is 1. The van der Waals surface area contributed by atoms with Crippen molar-refractivity contribution in [2.45, 2.75) is 18.6 Å². The van der Waals surface area contributed by atoms with Crippen LogP contribution in [0.25, 0.3) is 10.8 Å². The molecular formula is C27H22O5. The molecule has 2 unspecified atom stereocenters. The lowest BCUT2D eigenvalue weighted by Crippen LogP contribution is -2.23. The fraction of sp³-hybridized carbons (Fsp3) is 0.185. The first kappa shape index (κ1) is 18.9. The van der Waals surface area contributed by atoms with E-state index in [1.54, 1.807) is 13.2 Å². The van der Waals surface area contributed by atoms with E-state index in [1.807, 2.05) is 66.7 Å². The third-order valence-electron chi connectivity index (χ3n) is 6.27. The summed E-state index contributed by atoms with van der Waals surface area (Å²) in [6.45, 7) is 0.901. The Balaban J connectivity index is 1.40. The molecule has 0 radical (unpaired) electrons. The van der Waals surface area contributed by atoms with E-state index in [0.717, 1.165) is 39.3 Å². The number of aromatic hydroxyl groups is 1. The monoisotopic (exact) mass is 426 g/mol. The normalized spacial score (nSPS) is 18.2. The van der Waals surface area contributed by atoms with E-state index in [9.17, 15) is 5.11 Å². The third kappa shape index (κ3) is 2.93. The first-order chi connectivity index (χ1) is 15.7. The Labute approximate surface area is 185 Å². The first-order valence-electron chi connectivity index (χ1n) is 10.7. The number of hydrogen-bond acceptors (Lipinski definition) is 5. The van der Waals surface area contributed by atoms with E-state index in [2.05, 4.69) is 0 Å². The SMILES string of the molecule is COc1ccc2c(c1)OCC1c3cc(O)c4c(OCc5ccccc5)cccc4c3OC21. The topological polar surface area (TPSA) is 57.2 Å². The van der Waals surface area contributed by atoms with Gasteiger partial charge in [0.2, 0.25) is 0 Å². The Morgan fingerprint density at radius 1 is 0.969 bits per heavy atom. The number of rotatable bonds is 4. The van der Waals surface area contributed by atoms with Gasteiger partial charge in [-0.15, -0.1) is 0 Å². The average molecular weight is 426 g/mol. The van der Waals surface area contributed by atoms with Gasteiger partial charge in [0.05, 0.1) is 25.0 Å². The molecule has 0 bridgehead atoms. The van der Waals surface area contributed by atoms with E-state index in [-0.39, 0.29) is 17.8 Å². The minimum atomic E-state index is -0.168. The van der Waals surface area contributed by atoms with Crippen LogP contribution in [-0.4, -0.2) is 18.8 Å². The van der Waals surface area contributed by atoms with Gasteiger partial charge in [-0.3, -0.25) is 0 Å². The molecule has 4 aromatic carbocycles. The van der Waals surface area contributed by atoms with Crippen molar-refractivity contribution in [2.24, 2.45) is 0 Å². The van der Waals surface area contributed by atoms with Gasteiger partial charge in [0, 0.05) is 22.6 Å². The fourth-order valence-corrected chi connectivity index (χ4v) is 4.70. The fourth-order valence-electron chi connectivity index (χ4n) is 4.70. The van der Waals surface area contributed by atoms with Crippen LogP contribution in [0.2, 0.25) is 0 Å². The van der Waals surface area contributed by atoms with Crippen LogP contribution in [0.1, 0.15) is 28.7 Å². The van der Waals surface area contributed by atoms with Gasteiger partial charge in [-0.2, -0.15) is 0 Å². The molecule has 2 heterocycles. The second kappa shape index (κ2) is 7.38. The van der Waals surface area contributed by atoms with Crippen molar-refractivity contribution >= 4 is 10.8 Å². The molecule has 0 aromatic heterocycles. The maximum atomic E-state index is 11.0. The largest absolute Gasteiger partial charge is 0.507 e. The number of phenols is 1. The second-order valence-electron chi connectivity index (χ2n) is 8.13. The molecule has 2 aliphatic rings. The second-order valence-corrected chi connectivity index (χ2v) is 8.13. The molecule has 4 aromatic rings. The highest BCUT2D eigenvalue weighted by Crippen LogP contribution is 2.55. The van der Waals surface area contributed by atoms with Crippen LogP contribution in [0.3, 0.4) is 0 Å². The maximum Gasteiger partial charge on any atom is 0.138 e. The Hall–Kier alpha value is -3.86. The minimum Gasteiger partial charge on any atom is -0.507 e. The Morgan fingerprint density at radius 2 is 1.84 bits per heavy atom. The third-order valence-corrected chi connectivity index (χ3v) is 6.27. The van der Waals surface area contributed by atoms with E-state index in [0.29, 0.717) is 24.3 Å². The van der Waals surface area contributed by atoms with E-state index >= 15 is 0 Å². The molecule has 0 saturated carbocycles. The van der Waals surface area contributed by atoms with Gasteiger partial charge < -0.3 is 24.1 Å². The van der Waals surface area contributed by atoms with Crippen LogP contribution in [-0.2, 0) is 6.61 Å². The van der Waals surface area contributed by atoms with Crippen LogP contribution < -0.4 is 18.9 Å². The zero-order valence-electron chi connectivity index (χ0n) is 17.6. The molecule has 0 spiro atoms. The summed E-state index contributed by atoms with van der Waals surface area (Å²) in [5.74, 6) is 3.14. The number of phenolic OH excluding ortho intramolecular Hbond substituents is 1. The molecule has 2 atom stereocenters. The quantitative estimate of drug-likeness (QED) is 0.451. The molecule has 5 nitrogen and oxygen atoms in total. The van der Waals surface area contributed by atoms with Gasteiger partial charge in [-0.05, 0) is 29.8 Å². The summed E-state index contributed by atoms with van der Waals surface area (Å²) < 4.78 is 24.0. The van der Waals surface area contributed by atoms with Gasteiger partial charge in [-0.1, -0.05) is 42.5 Å². The van der Waals surface area contributed by atoms with Crippen LogP contribution in [0, 0.1) is 0 Å². The minimum absolute atomic E-state index is 0.00934. The summed E-state index contributed by atoms with van der Waals surface area (Å²) in [7, 11) is 1.64. The van der Waals surface area contributed by atoms with Gasteiger partial charge in [0.15, 0.2) is 0 Å². The zero-order valence-corrected chi connectivity index (χ0v) is 17.6. The summed E-state index contributed by atoms with van der Waals surface area (Å²) in [5.41, 5.74) is 3.01. The highest BCUT2D eigenvalue weighted by atomic mass is 16.5. The van der Waals surface area contributed by atoms with Crippen molar-refractivity contribution in [2.75, 3.05) is 13.7 Å². The molecule has 0 fully saturated rings. The van der Waals surface area contributed by atoms with Crippen molar-refractivity contribution in [3.8, 4) is 28.7 Å². The predicted octanol–water partition coefficient (Wildman–Crippen LogP) is 5.74. The van der Waals surface area contributed by atoms with Gasteiger partial charge in [0.1, 0.15) is 41.5 Å². The maximum absolute atomic E-state index is 11.0. The number of ether oxygens (including phenoxy) is 4. The van der Waals surface area contributed by atoms with Crippen LogP contribution in [0.5, 0.6) is 28.7 Å². The lowest BCUT2D eigenvalue weighted by Gasteiger charge is -2.28. The van der Waals surface area contributed by atoms with Crippen LogP contribution >= 0.6 is 0 Å². The standard InChI is InChI=1S/C27H22O5/c1-29-17-10-11-18-24(12-17)31-15-21-20-13-22(28)25-19(27(20)32-26(18)21)8-5-9-23(25)30-14-16-6-3-2-4-7-16/h2-13,21,26,28H,14-15H2,1H3. The summed E-state index contributed by atoms with van der Waals surface area (Å²) >= 11 is 0. The molecule has 5 heteroatoms.